The molecular weight excluding hydrogens is 268 g/mol. The minimum absolute atomic E-state index is 0.428. The molecule has 0 spiro atoms. The second-order valence-corrected chi connectivity index (χ2v) is 6.34. The summed E-state index contributed by atoms with van der Waals surface area (Å²) in [6.07, 6.45) is 1.18. The van der Waals surface area contributed by atoms with Crippen LogP contribution in [0.25, 0.3) is 0 Å². The highest BCUT2D eigenvalue weighted by atomic mass is 16.5. The molecule has 7 heteroatoms. The zero-order chi connectivity index (χ0) is 15.0. The highest BCUT2D eigenvalue weighted by Crippen LogP contribution is 2.26. The number of nitrogens with one attached hydrogen (secondary N) is 1. The van der Waals surface area contributed by atoms with Gasteiger partial charge in [0.25, 0.3) is 0 Å². The molecule has 5 N–H and O–H groups in total. The number of hydrogen-bond acceptors (Lipinski definition) is 7. The normalized spacial score (nSPS) is 34.9. The van der Waals surface area contributed by atoms with Crippen molar-refractivity contribution in [3.63, 3.8) is 0 Å². The minimum Gasteiger partial charge on any atom is -0.393 e. The van der Waals surface area contributed by atoms with Gasteiger partial charge >= 0.3 is 0 Å². The van der Waals surface area contributed by atoms with Crippen LogP contribution in [0.2, 0.25) is 0 Å². The average Bonchev–Trinajstić information content (AvgIpc) is 2.90. The van der Waals surface area contributed by atoms with Crippen LogP contribution in [0.15, 0.2) is 16.5 Å². The molecule has 0 amide bonds. The first-order valence-electron chi connectivity index (χ1n) is 7.71. The van der Waals surface area contributed by atoms with Crippen molar-refractivity contribution in [2.45, 2.75) is 26.1 Å². The topological polar surface area (TPSA) is 92.1 Å². The number of aliphatic imine (C=N–C) groups is 1. The molecule has 3 aliphatic rings. The molecule has 0 aromatic heterocycles. The summed E-state index contributed by atoms with van der Waals surface area (Å²) in [4.78, 5) is 9.15. The monoisotopic (exact) mass is 294 g/mol. The van der Waals surface area contributed by atoms with Gasteiger partial charge in [-0.1, -0.05) is 6.92 Å². The van der Waals surface area contributed by atoms with Crippen molar-refractivity contribution in [1.29, 1.82) is 0 Å². The Morgan fingerprint density at radius 1 is 1.29 bits per heavy atom. The van der Waals surface area contributed by atoms with Crippen molar-refractivity contribution in [2.75, 3.05) is 39.4 Å². The summed E-state index contributed by atoms with van der Waals surface area (Å²) in [6.45, 7) is 9.46. The van der Waals surface area contributed by atoms with Crippen LogP contribution < -0.4 is 16.8 Å². The van der Waals surface area contributed by atoms with E-state index in [2.05, 4.69) is 34.0 Å². The van der Waals surface area contributed by atoms with Crippen molar-refractivity contribution in [3.8, 4) is 0 Å². The Hall–Kier alpha value is -1.47. The Kier molecular flexibility index (Phi) is 3.71. The van der Waals surface area contributed by atoms with Crippen LogP contribution in [0.4, 0.5) is 0 Å². The van der Waals surface area contributed by atoms with Crippen molar-refractivity contribution in [2.24, 2.45) is 22.4 Å². The fraction of sp³-hybridized carbons (Fsp3) is 0.786. The van der Waals surface area contributed by atoms with Crippen LogP contribution in [0.1, 0.15) is 20.3 Å². The summed E-state index contributed by atoms with van der Waals surface area (Å²) < 4.78 is 5.43. The molecule has 7 nitrogen and oxygen atoms in total. The van der Waals surface area contributed by atoms with E-state index in [4.69, 9.17) is 16.2 Å². The predicted octanol–water partition coefficient (Wildman–Crippen LogP) is -0.578. The van der Waals surface area contributed by atoms with Gasteiger partial charge in [-0.25, -0.2) is 4.99 Å². The van der Waals surface area contributed by atoms with Crippen molar-refractivity contribution in [1.82, 2.24) is 15.1 Å². The summed E-state index contributed by atoms with van der Waals surface area (Å²) in [5, 5.41) is 3.53. The van der Waals surface area contributed by atoms with E-state index in [0.29, 0.717) is 17.5 Å². The molecule has 118 valence electrons. The molecule has 0 aromatic carbocycles. The lowest BCUT2D eigenvalue weighted by Gasteiger charge is -2.45. The van der Waals surface area contributed by atoms with Crippen LogP contribution in [0.5, 0.6) is 0 Å². The van der Waals surface area contributed by atoms with E-state index in [9.17, 15) is 0 Å². The number of amidine groups is 1. The molecular formula is C14H26N6O. The van der Waals surface area contributed by atoms with Crippen LogP contribution >= 0.6 is 0 Å². The summed E-state index contributed by atoms with van der Waals surface area (Å²) in [5.74, 6) is 1.50. The van der Waals surface area contributed by atoms with Gasteiger partial charge in [0.05, 0.1) is 13.2 Å². The van der Waals surface area contributed by atoms with Gasteiger partial charge in [0.15, 0.2) is 5.79 Å². The first-order chi connectivity index (χ1) is 9.99. The van der Waals surface area contributed by atoms with Crippen molar-refractivity contribution >= 4 is 5.84 Å². The fourth-order valence-corrected chi connectivity index (χ4v) is 3.27. The Balaban J connectivity index is 1.84. The Morgan fingerprint density at radius 2 is 2.00 bits per heavy atom. The minimum atomic E-state index is -0.544. The molecule has 21 heavy (non-hydrogen) atoms. The van der Waals surface area contributed by atoms with Gasteiger partial charge < -0.3 is 26.4 Å². The molecule has 2 fully saturated rings. The number of likely N-dealkylation sites (tertiary alicyclic amines) is 1. The maximum atomic E-state index is 6.17. The molecule has 3 heterocycles. The van der Waals surface area contributed by atoms with Gasteiger partial charge in [-0.2, -0.15) is 0 Å². The predicted molar refractivity (Wildman–Crippen MR) is 82.1 cm³/mol. The van der Waals surface area contributed by atoms with E-state index < -0.39 is 5.79 Å². The molecule has 0 saturated carbocycles. The molecule has 3 aliphatic heterocycles. The van der Waals surface area contributed by atoms with Crippen LogP contribution in [-0.2, 0) is 4.74 Å². The molecule has 0 bridgehead atoms. The Bertz CT molecular complexity index is 470. The molecule has 3 rings (SSSR count). The average molecular weight is 294 g/mol. The summed E-state index contributed by atoms with van der Waals surface area (Å²) in [5.41, 5.74) is 12.8. The summed E-state index contributed by atoms with van der Waals surface area (Å²) in [6, 6.07) is 0. The van der Waals surface area contributed by atoms with Gasteiger partial charge in [-0.3, -0.25) is 4.90 Å². The first kappa shape index (κ1) is 14.5. The third-order valence-corrected chi connectivity index (χ3v) is 4.59. The Labute approximate surface area is 126 Å². The maximum Gasteiger partial charge on any atom is 0.188 e. The van der Waals surface area contributed by atoms with Gasteiger partial charge in [0.2, 0.25) is 0 Å². The molecule has 2 atom stereocenters. The number of nitrogens with zero attached hydrogens (tertiary/aromatic N) is 3. The number of morpholine rings is 1. The zero-order valence-electron chi connectivity index (χ0n) is 12.9. The fourth-order valence-electron chi connectivity index (χ4n) is 3.27. The van der Waals surface area contributed by atoms with Gasteiger partial charge in [-0.05, 0) is 19.3 Å². The van der Waals surface area contributed by atoms with Gasteiger partial charge in [0.1, 0.15) is 17.4 Å². The van der Waals surface area contributed by atoms with Gasteiger partial charge in [0, 0.05) is 26.2 Å². The second-order valence-electron chi connectivity index (χ2n) is 6.34. The lowest BCUT2D eigenvalue weighted by Crippen LogP contribution is -2.63. The summed E-state index contributed by atoms with van der Waals surface area (Å²) in [7, 11) is 0. The maximum absolute atomic E-state index is 6.17. The standard InChI is InChI=1S/C14H26N6O/c1-10-3-4-19(9-10)13-11(15)12(16)17-14(2,18-13)20-5-7-21-8-6-20/h10,18H,3-9,15H2,1-2H3,(H2,16,17)/t10-,14?/m0/s1. The third kappa shape index (κ3) is 2.67. The second kappa shape index (κ2) is 5.38. The van der Waals surface area contributed by atoms with Crippen molar-refractivity contribution in [3.05, 3.63) is 11.5 Å². The smallest absolute Gasteiger partial charge is 0.188 e. The number of rotatable bonds is 2. The number of hydrogen-bond donors (Lipinski definition) is 3. The molecule has 0 aliphatic carbocycles. The van der Waals surface area contributed by atoms with Crippen LogP contribution in [-0.4, -0.2) is 60.8 Å². The van der Waals surface area contributed by atoms with E-state index >= 15 is 0 Å². The van der Waals surface area contributed by atoms with E-state index in [1.165, 1.54) is 6.42 Å². The number of nitrogens with two attached hydrogens (primary N) is 2. The van der Waals surface area contributed by atoms with Crippen LogP contribution in [0, 0.1) is 5.92 Å². The molecule has 2 saturated heterocycles. The van der Waals surface area contributed by atoms with Gasteiger partial charge in [-0.15, -0.1) is 0 Å². The highest BCUT2D eigenvalue weighted by Gasteiger charge is 2.39. The molecule has 0 radical (unpaired) electrons. The largest absolute Gasteiger partial charge is 0.393 e. The van der Waals surface area contributed by atoms with Crippen molar-refractivity contribution < 1.29 is 4.74 Å². The van der Waals surface area contributed by atoms with E-state index in [0.717, 1.165) is 45.2 Å². The summed E-state index contributed by atoms with van der Waals surface area (Å²) >= 11 is 0. The molecule has 1 unspecified atom stereocenters. The lowest BCUT2D eigenvalue weighted by molar-refractivity contribution is -0.0260. The quantitative estimate of drug-likeness (QED) is 0.631. The van der Waals surface area contributed by atoms with E-state index in [1.54, 1.807) is 0 Å². The Morgan fingerprint density at radius 3 is 2.62 bits per heavy atom. The first-order valence-corrected chi connectivity index (χ1v) is 7.71. The number of ether oxygens (including phenoxy) is 1. The molecule has 0 aromatic rings. The lowest BCUT2D eigenvalue weighted by atomic mass is 10.2. The highest BCUT2D eigenvalue weighted by molar-refractivity contribution is 5.97. The SMILES string of the molecule is C[C@H]1CCN(C2=C(N)C(N)=NC(C)(N3CCOCC3)N2)C1. The van der Waals surface area contributed by atoms with E-state index in [1.807, 2.05) is 0 Å². The van der Waals surface area contributed by atoms with Crippen LogP contribution in [0.3, 0.4) is 0 Å². The third-order valence-electron chi connectivity index (χ3n) is 4.59. The zero-order valence-corrected chi connectivity index (χ0v) is 12.9. The van der Waals surface area contributed by atoms with E-state index in [-0.39, 0.29) is 0 Å².